The molecule has 26 heavy (non-hydrogen) atoms. The van der Waals surface area contributed by atoms with Crippen LogP contribution in [0.15, 0.2) is 48.5 Å². The van der Waals surface area contributed by atoms with Crippen molar-refractivity contribution in [2.45, 2.75) is 0 Å². The second-order valence-electron chi connectivity index (χ2n) is 5.37. The van der Waals surface area contributed by atoms with Crippen LogP contribution in [0, 0.1) is 0 Å². The molecule has 7 nitrogen and oxygen atoms in total. The molecule has 0 aromatic heterocycles. The summed E-state index contributed by atoms with van der Waals surface area (Å²) in [6.45, 7) is -0.419. The molecule has 9 heteroatoms. The summed E-state index contributed by atoms with van der Waals surface area (Å²) >= 11 is 5.90. The molecule has 1 N–H and O–H groups in total. The first-order valence-electron chi connectivity index (χ1n) is 7.42. The van der Waals surface area contributed by atoms with Crippen LogP contribution in [0.5, 0.6) is 0 Å². The molecule has 0 radical (unpaired) electrons. The van der Waals surface area contributed by atoms with E-state index in [2.05, 4.69) is 10.1 Å². The minimum atomic E-state index is -3.69. The second-order valence-corrected chi connectivity index (χ2v) is 7.71. The van der Waals surface area contributed by atoms with Crippen molar-refractivity contribution in [1.82, 2.24) is 0 Å². The molecule has 0 aliphatic heterocycles. The number of carbonyl (C=O) groups excluding carboxylic acids is 2. The van der Waals surface area contributed by atoms with Crippen molar-refractivity contribution in [3.05, 3.63) is 59.1 Å². The number of hydrogen-bond acceptors (Lipinski definition) is 5. The van der Waals surface area contributed by atoms with Gasteiger partial charge in [-0.3, -0.25) is 9.10 Å². The Morgan fingerprint density at radius 2 is 1.81 bits per heavy atom. The normalized spacial score (nSPS) is 10.9. The average Bonchev–Trinajstić information content (AvgIpc) is 2.58. The molecule has 1 amide bonds. The van der Waals surface area contributed by atoms with E-state index in [0.29, 0.717) is 16.3 Å². The number of sulfonamides is 1. The summed E-state index contributed by atoms with van der Waals surface area (Å²) < 4.78 is 29.6. The summed E-state index contributed by atoms with van der Waals surface area (Å²) in [5.41, 5.74) is 1.04. The molecule has 2 aromatic carbocycles. The lowest BCUT2D eigenvalue weighted by Gasteiger charge is -2.22. The zero-order valence-corrected chi connectivity index (χ0v) is 15.7. The topological polar surface area (TPSA) is 92.8 Å². The smallest absolute Gasteiger partial charge is 0.337 e. The molecule has 0 aliphatic carbocycles. The summed E-state index contributed by atoms with van der Waals surface area (Å²) in [5, 5.41) is 2.94. The van der Waals surface area contributed by atoms with Crippen molar-refractivity contribution in [3.63, 3.8) is 0 Å². The molecule has 0 fully saturated rings. The van der Waals surface area contributed by atoms with Crippen LogP contribution in [-0.2, 0) is 19.6 Å². The van der Waals surface area contributed by atoms with Crippen molar-refractivity contribution in [2.24, 2.45) is 0 Å². The number of nitrogens with one attached hydrogen (secondary N) is 1. The third kappa shape index (κ3) is 5.21. The molecule has 2 aromatic rings. The van der Waals surface area contributed by atoms with Gasteiger partial charge >= 0.3 is 5.97 Å². The fraction of sp³-hybridized carbons (Fsp3) is 0.176. The first kappa shape index (κ1) is 19.7. The minimum absolute atomic E-state index is 0.288. The number of nitrogens with zero attached hydrogens (tertiary/aromatic N) is 1. The minimum Gasteiger partial charge on any atom is -0.465 e. The fourth-order valence-corrected chi connectivity index (χ4v) is 3.20. The molecule has 0 bridgehead atoms. The standard InChI is InChI=1S/C17H17ClN2O5S/c1-25-17(22)12-6-8-14(9-7-12)19-16(21)11-20(26(2,23)24)15-5-3-4-13(18)10-15/h3-10H,11H2,1-2H3,(H,19,21). The SMILES string of the molecule is COC(=O)c1ccc(NC(=O)CN(c2cccc(Cl)c2)S(C)(=O)=O)cc1. The number of anilines is 2. The molecule has 0 heterocycles. The number of benzene rings is 2. The Morgan fingerprint density at radius 3 is 2.35 bits per heavy atom. The van der Waals surface area contributed by atoms with Crippen LogP contribution in [0.3, 0.4) is 0 Å². The number of esters is 1. The second kappa shape index (κ2) is 8.20. The van der Waals surface area contributed by atoms with Crippen molar-refractivity contribution in [3.8, 4) is 0 Å². The van der Waals surface area contributed by atoms with Crippen LogP contribution in [0.4, 0.5) is 11.4 Å². The quantitative estimate of drug-likeness (QED) is 0.757. The largest absolute Gasteiger partial charge is 0.465 e. The van der Waals surface area contributed by atoms with E-state index in [0.717, 1.165) is 10.6 Å². The number of methoxy groups -OCH3 is 1. The summed E-state index contributed by atoms with van der Waals surface area (Å²) in [6.07, 6.45) is 1.01. The van der Waals surface area contributed by atoms with Gasteiger partial charge in [0.25, 0.3) is 0 Å². The highest BCUT2D eigenvalue weighted by Gasteiger charge is 2.21. The molecule has 138 valence electrons. The lowest BCUT2D eigenvalue weighted by Crippen LogP contribution is -2.37. The Kier molecular flexibility index (Phi) is 6.23. The van der Waals surface area contributed by atoms with Gasteiger partial charge in [-0.15, -0.1) is 0 Å². The molecule has 2 rings (SSSR count). The van der Waals surface area contributed by atoms with Gasteiger partial charge in [-0.1, -0.05) is 17.7 Å². The first-order valence-corrected chi connectivity index (χ1v) is 9.65. The van der Waals surface area contributed by atoms with Crippen LogP contribution in [0.25, 0.3) is 0 Å². The highest BCUT2D eigenvalue weighted by molar-refractivity contribution is 7.92. The molecule has 0 atom stereocenters. The summed E-state index contributed by atoms with van der Waals surface area (Å²) in [5.74, 6) is -1.03. The van der Waals surface area contributed by atoms with Crippen LogP contribution in [-0.4, -0.2) is 40.2 Å². The maximum atomic E-state index is 12.3. The van der Waals surface area contributed by atoms with Gasteiger partial charge in [-0.25, -0.2) is 13.2 Å². The number of ether oxygens (including phenoxy) is 1. The van der Waals surface area contributed by atoms with Crippen LogP contribution < -0.4 is 9.62 Å². The molecule has 0 saturated heterocycles. The van der Waals surface area contributed by atoms with Crippen molar-refractivity contribution in [1.29, 1.82) is 0 Å². The van der Waals surface area contributed by atoms with Gasteiger partial charge in [0.2, 0.25) is 15.9 Å². The van der Waals surface area contributed by atoms with Crippen molar-refractivity contribution >= 4 is 44.9 Å². The Labute approximate surface area is 156 Å². The molecular weight excluding hydrogens is 380 g/mol. The third-order valence-electron chi connectivity index (χ3n) is 3.37. The van der Waals surface area contributed by atoms with Gasteiger partial charge in [0.05, 0.1) is 24.6 Å². The number of hydrogen-bond donors (Lipinski definition) is 1. The van der Waals surface area contributed by atoms with Gasteiger partial charge in [0.15, 0.2) is 0 Å². The number of halogens is 1. The lowest BCUT2D eigenvalue weighted by atomic mass is 10.2. The van der Waals surface area contributed by atoms with Gasteiger partial charge in [0.1, 0.15) is 6.54 Å². The molecule has 0 saturated carbocycles. The van der Waals surface area contributed by atoms with Gasteiger partial charge < -0.3 is 10.1 Å². The molecule has 0 spiro atoms. The van der Waals surface area contributed by atoms with E-state index in [4.69, 9.17) is 11.6 Å². The van der Waals surface area contributed by atoms with E-state index in [9.17, 15) is 18.0 Å². The van der Waals surface area contributed by atoms with E-state index < -0.39 is 28.4 Å². The zero-order chi connectivity index (χ0) is 19.3. The van der Waals surface area contributed by atoms with E-state index in [1.165, 1.54) is 37.4 Å². The van der Waals surface area contributed by atoms with Gasteiger partial charge in [-0.05, 0) is 42.5 Å². The Hall–Kier alpha value is -2.58. The van der Waals surface area contributed by atoms with E-state index >= 15 is 0 Å². The van der Waals surface area contributed by atoms with Crippen molar-refractivity contribution in [2.75, 3.05) is 29.5 Å². The summed E-state index contributed by atoms with van der Waals surface area (Å²) in [7, 11) is -2.42. The average molecular weight is 397 g/mol. The zero-order valence-electron chi connectivity index (χ0n) is 14.1. The third-order valence-corrected chi connectivity index (χ3v) is 4.75. The number of rotatable bonds is 6. The molecule has 0 unspecified atom stereocenters. The lowest BCUT2D eigenvalue weighted by molar-refractivity contribution is -0.114. The highest BCUT2D eigenvalue weighted by Crippen LogP contribution is 2.22. The fourth-order valence-electron chi connectivity index (χ4n) is 2.17. The Morgan fingerprint density at radius 1 is 1.15 bits per heavy atom. The maximum absolute atomic E-state index is 12.3. The molecule has 0 aliphatic rings. The number of carbonyl (C=O) groups is 2. The Balaban J connectivity index is 2.14. The van der Waals surface area contributed by atoms with E-state index in [-0.39, 0.29) is 5.69 Å². The van der Waals surface area contributed by atoms with E-state index in [1.54, 1.807) is 18.2 Å². The summed E-state index contributed by atoms with van der Waals surface area (Å²) in [4.78, 5) is 23.7. The van der Waals surface area contributed by atoms with Gasteiger partial charge in [-0.2, -0.15) is 0 Å². The number of amides is 1. The predicted molar refractivity (Wildman–Crippen MR) is 100 cm³/mol. The predicted octanol–water partition coefficient (Wildman–Crippen LogP) is 2.53. The highest BCUT2D eigenvalue weighted by atomic mass is 35.5. The van der Waals surface area contributed by atoms with Crippen molar-refractivity contribution < 1.29 is 22.7 Å². The monoisotopic (exact) mass is 396 g/mol. The maximum Gasteiger partial charge on any atom is 0.337 e. The summed E-state index contributed by atoms with van der Waals surface area (Å²) in [6, 6.07) is 12.2. The van der Waals surface area contributed by atoms with Gasteiger partial charge in [0, 0.05) is 10.7 Å². The van der Waals surface area contributed by atoms with Crippen LogP contribution in [0.2, 0.25) is 5.02 Å². The van der Waals surface area contributed by atoms with Crippen LogP contribution in [0.1, 0.15) is 10.4 Å². The molecular formula is C17H17ClN2O5S. The van der Waals surface area contributed by atoms with E-state index in [1.807, 2.05) is 0 Å². The first-order chi connectivity index (χ1) is 12.2. The van der Waals surface area contributed by atoms with Crippen LogP contribution >= 0.6 is 11.6 Å². The Bertz CT molecular complexity index is 913.